The van der Waals surface area contributed by atoms with Gasteiger partial charge in [0, 0.05) is 24.2 Å². The molecule has 0 bridgehead atoms. The van der Waals surface area contributed by atoms with E-state index in [2.05, 4.69) is 20.8 Å². The largest absolute Gasteiger partial charge is 0.324 e. The molecule has 7 heteroatoms. The zero-order chi connectivity index (χ0) is 13.9. The van der Waals surface area contributed by atoms with Crippen LogP contribution in [0, 0.1) is 0 Å². The fraction of sp³-hybridized carbons (Fsp3) is 0.308. The average molecular weight is 289 g/mol. The second kappa shape index (κ2) is 5.64. The Bertz CT molecular complexity index is 621. The van der Waals surface area contributed by atoms with Crippen molar-refractivity contribution in [2.75, 3.05) is 16.9 Å². The lowest BCUT2D eigenvalue weighted by molar-refractivity contribution is -0.117. The van der Waals surface area contributed by atoms with E-state index in [1.165, 1.54) is 0 Å². The molecule has 104 valence electrons. The van der Waals surface area contributed by atoms with Crippen molar-refractivity contribution in [1.29, 1.82) is 0 Å². The molecular formula is C13H15N5OS. The fourth-order valence-electron chi connectivity index (χ4n) is 2.10. The fourth-order valence-corrected chi connectivity index (χ4v) is 3.04. The van der Waals surface area contributed by atoms with Crippen LogP contribution >= 0.6 is 11.8 Å². The molecule has 6 nitrogen and oxygen atoms in total. The van der Waals surface area contributed by atoms with Gasteiger partial charge in [0.25, 0.3) is 0 Å². The Morgan fingerprint density at radius 1 is 1.50 bits per heavy atom. The molecule has 20 heavy (non-hydrogen) atoms. The van der Waals surface area contributed by atoms with Crippen molar-refractivity contribution < 1.29 is 4.79 Å². The normalized spacial score (nSPS) is 18.1. The van der Waals surface area contributed by atoms with E-state index in [-0.39, 0.29) is 11.9 Å². The maximum Gasteiger partial charge on any atom is 0.242 e. The number of hydrogen-bond donors (Lipinski definition) is 2. The van der Waals surface area contributed by atoms with Crippen LogP contribution in [-0.2, 0) is 11.8 Å². The quantitative estimate of drug-likeness (QED) is 0.885. The molecule has 1 aromatic heterocycles. The van der Waals surface area contributed by atoms with E-state index in [0.29, 0.717) is 0 Å². The maximum absolute atomic E-state index is 12.2. The third kappa shape index (κ3) is 2.54. The molecular weight excluding hydrogens is 274 g/mol. The van der Waals surface area contributed by atoms with E-state index >= 15 is 0 Å². The van der Waals surface area contributed by atoms with Crippen molar-refractivity contribution >= 4 is 23.4 Å². The van der Waals surface area contributed by atoms with Gasteiger partial charge in [0.2, 0.25) is 5.91 Å². The number of carbonyl (C=O) groups is 1. The number of thioether (sulfide) groups is 1. The molecule has 0 aliphatic carbocycles. The van der Waals surface area contributed by atoms with Gasteiger partial charge in [0.15, 0.2) is 5.82 Å². The maximum atomic E-state index is 12.2. The van der Waals surface area contributed by atoms with Crippen molar-refractivity contribution in [3.8, 4) is 11.4 Å². The Kier molecular flexibility index (Phi) is 3.70. The Hall–Kier alpha value is -1.86. The van der Waals surface area contributed by atoms with Crippen LogP contribution in [0.2, 0.25) is 0 Å². The lowest BCUT2D eigenvalue weighted by Crippen LogP contribution is -2.37. The van der Waals surface area contributed by atoms with Gasteiger partial charge in [-0.2, -0.15) is 0 Å². The van der Waals surface area contributed by atoms with E-state index < -0.39 is 0 Å². The van der Waals surface area contributed by atoms with Crippen LogP contribution in [0.25, 0.3) is 11.4 Å². The summed E-state index contributed by atoms with van der Waals surface area (Å²) in [6.45, 7) is 0. The first-order valence-corrected chi connectivity index (χ1v) is 7.46. The van der Waals surface area contributed by atoms with Gasteiger partial charge < -0.3 is 9.88 Å². The number of aromatic nitrogens is 3. The lowest BCUT2D eigenvalue weighted by atomic mass is 10.1. The second-order valence-electron chi connectivity index (χ2n) is 4.57. The molecule has 3 rings (SSSR count). The number of hydrogen-bond acceptors (Lipinski definition) is 5. The molecule has 2 N–H and O–H groups in total. The highest BCUT2D eigenvalue weighted by molar-refractivity contribution is 7.99. The van der Waals surface area contributed by atoms with Crippen molar-refractivity contribution in [2.24, 2.45) is 7.05 Å². The van der Waals surface area contributed by atoms with E-state index in [0.717, 1.165) is 28.7 Å². The van der Waals surface area contributed by atoms with Gasteiger partial charge >= 0.3 is 0 Å². The third-order valence-corrected chi connectivity index (χ3v) is 4.11. The predicted octanol–water partition coefficient (Wildman–Crippen LogP) is 1.08. The van der Waals surface area contributed by atoms with Crippen LogP contribution < -0.4 is 10.6 Å². The van der Waals surface area contributed by atoms with Crippen molar-refractivity contribution in [2.45, 2.75) is 6.04 Å². The summed E-state index contributed by atoms with van der Waals surface area (Å²) in [5, 5.41) is 14.1. The van der Waals surface area contributed by atoms with Crippen LogP contribution in [0.15, 0.2) is 30.6 Å². The molecule has 0 spiro atoms. The summed E-state index contributed by atoms with van der Waals surface area (Å²) < 4.78 is 1.83. The zero-order valence-corrected chi connectivity index (χ0v) is 11.9. The minimum atomic E-state index is -0.132. The van der Waals surface area contributed by atoms with E-state index in [4.69, 9.17) is 0 Å². The van der Waals surface area contributed by atoms with Gasteiger partial charge in [0.05, 0.1) is 11.7 Å². The van der Waals surface area contributed by atoms with Gasteiger partial charge in [-0.25, -0.2) is 0 Å². The molecule has 1 saturated heterocycles. The van der Waals surface area contributed by atoms with Gasteiger partial charge in [-0.3, -0.25) is 10.1 Å². The Morgan fingerprint density at radius 2 is 2.35 bits per heavy atom. The van der Waals surface area contributed by atoms with E-state index in [9.17, 15) is 4.79 Å². The summed E-state index contributed by atoms with van der Waals surface area (Å²) in [6, 6.07) is 7.49. The Morgan fingerprint density at radius 3 is 3.05 bits per heavy atom. The first-order valence-electron chi connectivity index (χ1n) is 6.31. The molecule has 0 saturated carbocycles. The highest BCUT2D eigenvalue weighted by Gasteiger charge is 2.23. The number of amides is 1. The summed E-state index contributed by atoms with van der Waals surface area (Å²) in [4.78, 5) is 12.2. The first-order chi connectivity index (χ1) is 9.75. The number of para-hydroxylation sites is 1. The summed E-state index contributed by atoms with van der Waals surface area (Å²) in [5.74, 6) is 2.35. The van der Waals surface area contributed by atoms with E-state index in [1.807, 2.05) is 35.9 Å². The summed E-state index contributed by atoms with van der Waals surface area (Å²) in [7, 11) is 1.88. The molecule has 2 aromatic rings. The summed E-state index contributed by atoms with van der Waals surface area (Å²) in [6.07, 6.45) is 1.64. The molecule has 1 aromatic carbocycles. The van der Waals surface area contributed by atoms with Crippen LogP contribution in [0.3, 0.4) is 0 Å². The molecule has 1 aliphatic rings. The van der Waals surface area contributed by atoms with Gasteiger partial charge in [0.1, 0.15) is 6.33 Å². The average Bonchev–Trinajstić information content (AvgIpc) is 3.10. The second-order valence-corrected chi connectivity index (χ2v) is 5.60. The van der Waals surface area contributed by atoms with Gasteiger partial charge in [-0.1, -0.05) is 12.1 Å². The van der Waals surface area contributed by atoms with Crippen LogP contribution in [0.1, 0.15) is 0 Å². The number of anilines is 1. The van der Waals surface area contributed by atoms with Crippen molar-refractivity contribution in [1.82, 2.24) is 20.1 Å². The molecule has 1 aliphatic heterocycles. The Balaban J connectivity index is 1.86. The molecule has 1 unspecified atom stereocenters. The molecule has 2 heterocycles. The van der Waals surface area contributed by atoms with Crippen molar-refractivity contribution in [3.05, 3.63) is 30.6 Å². The number of benzene rings is 1. The van der Waals surface area contributed by atoms with Gasteiger partial charge in [-0.15, -0.1) is 22.0 Å². The van der Waals surface area contributed by atoms with E-state index in [1.54, 1.807) is 18.1 Å². The van der Waals surface area contributed by atoms with Gasteiger partial charge in [-0.05, 0) is 12.1 Å². The molecule has 1 fully saturated rings. The highest BCUT2D eigenvalue weighted by atomic mass is 32.2. The topological polar surface area (TPSA) is 71.8 Å². The number of rotatable bonds is 3. The molecule has 0 radical (unpaired) electrons. The summed E-state index contributed by atoms with van der Waals surface area (Å²) in [5.41, 5.74) is 1.62. The number of nitrogens with zero attached hydrogens (tertiary/aromatic N) is 3. The first kappa shape index (κ1) is 13.1. The standard InChI is InChI=1S/C13H15N5OS/c1-18-7-15-17-12(18)9-4-2-3-5-10(9)16-13(19)11-6-20-8-14-11/h2-5,7,11,14H,6,8H2,1H3,(H,16,19). The molecule has 1 amide bonds. The Labute approximate surface area is 121 Å². The van der Waals surface area contributed by atoms with Crippen molar-refractivity contribution in [3.63, 3.8) is 0 Å². The minimum absolute atomic E-state index is 0.00961. The minimum Gasteiger partial charge on any atom is -0.324 e. The number of carbonyl (C=O) groups excluding carboxylic acids is 1. The number of nitrogens with one attached hydrogen (secondary N) is 2. The smallest absolute Gasteiger partial charge is 0.242 e. The lowest BCUT2D eigenvalue weighted by Gasteiger charge is -2.13. The SMILES string of the molecule is Cn1cnnc1-c1ccccc1NC(=O)C1CSCN1. The highest BCUT2D eigenvalue weighted by Crippen LogP contribution is 2.26. The monoisotopic (exact) mass is 289 g/mol. The van der Waals surface area contributed by atoms with Crippen LogP contribution in [0.5, 0.6) is 0 Å². The number of aryl methyl sites for hydroxylation is 1. The van der Waals surface area contributed by atoms with Crippen LogP contribution in [-0.4, -0.2) is 38.3 Å². The van der Waals surface area contributed by atoms with Crippen LogP contribution in [0.4, 0.5) is 5.69 Å². The summed E-state index contributed by atoms with van der Waals surface area (Å²) >= 11 is 1.73. The third-order valence-electron chi connectivity index (χ3n) is 3.17. The zero-order valence-electron chi connectivity index (χ0n) is 11.0. The predicted molar refractivity (Wildman–Crippen MR) is 79.3 cm³/mol. The molecule has 1 atom stereocenters.